The van der Waals surface area contributed by atoms with Crippen molar-refractivity contribution in [1.82, 2.24) is 15.6 Å². The highest BCUT2D eigenvalue weighted by molar-refractivity contribution is 5.79. The van der Waals surface area contributed by atoms with E-state index in [1.54, 1.807) is 7.11 Å². The van der Waals surface area contributed by atoms with E-state index in [-0.39, 0.29) is 6.10 Å². The van der Waals surface area contributed by atoms with Gasteiger partial charge in [0.25, 0.3) is 0 Å². The molecule has 1 aliphatic heterocycles. The van der Waals surface area contributed by atoms with Gasteiger partial charge in [0.05, 0.1) is 25.9 Å². The van der Waals surface area contributed by atoms with Crippen LogP contribution in [-0.4, -0.2) is 70.5 Å². The molecule has 1 fully saturated rings. The van der Waals surface area contributed by atoms with Crippen molar-refractivity contribution in [2.75, 3.05) is 53.6 Å². The van der Waals surface area contributed by atoms with Gasteiger partial charge in [-0.1, -0.05) is 0 Å². The Morgan fingerprint density at radius 2 is 2.47 bits per heavy atom. The average Bonchev–Trinajstić information content (AvgIpc) is 2.34. The smallest absolute Gasteiger partial charge is 0.205 e. The van der Waals surface area contributed by atoms with Gasteiger partial charge in [-0.2, -0.15) is 0 Å². The van der Waals surface area contributed by atoms with Crippen molar-refractivity contribution in [3.8, 4) is 0 Å². The molecule has 4 N–H and O–H groups in total. The number of hydrazine groups is 1. The number of guanidine groups is 1. The second-order valence-corrected chi connectivity index (χ2v) is 4.01. The second kappa shape index (κ2) is 8.24. The van der Waals surface area contributed by atoms with Crippen LogP contribution in [0.4, 0.5) is 0 Å². The topological polar surface area (TPSA) is 84.1 Å². The van der Waals surface area contributed by atoms with E-state index in [2.05, 4.69) is 27.7 Å². The van der Waals surface area contributed by atoms with Gasteiger partial charge in [-0.15, -0.1) is 0 Å². The van der Waals surface area contributed by atoms with E-state index in [0.717, 1.165) is 19.7 Å². The van der Waals surface area contributed by atoms with Crippen molar-refractivity contribution in [2.24, 2.45) is 10.8 Å². The van der Waals surface area contributed by atoms with Crippen LogP contribution in [0.25, 0.3) is 0 Å². The molecule has 0 aromatic heterocycles. The van der Waals surface area contributed by atoms with E-state index in [1.165, 1.54) is 0 Å². The van der Waals surface area contributed by atoms with Crippen molar-refractivity contribution in [2.45, 2.75) is 6.10 Å². The highest BCUT2D eigenvalue weighted by Gasteiger charge is 2.17. The first-order chi connectivity index (χ1) is 8.26. The summed E-state index contributed by atoms with van der Waals surface area (Å²) in [4.78, 5) is 6.57. The number of methoxy groups -OCH3 is 1. The lowest BCUT2D eigenvalue weighted by Crippen LogP contribution is -2.45. The number of hydrogen-bond donors (Lipinski definition) is 3. The minimum absolute atomic E-state index is 0.140. The molecule has 100 valence electrons. The van der Waals surface area contributed by atoms with Crippen LogP contribution in [0.15, 0.2) is 4.99 Å². The van der Waals surface area contributed by atoms with Crippen LogP contribution in [0.2, 0.25) is 0 Å². The van der Waals surface area contributed by atoms with Crippen LogP contribution in [-0.2, 0) is 9.47 Å². The Balaban J connectivity index is 2.27. The molecule has 1 heterocycles. The third-order valence-corrected chi connectivity index (χ3v) is 2.53. The van der Waals surface area contributed by atoms with Crippen LogP contribution in [0, 0.1) is 0 Å². The predicted octanol–water partition coefficient (Wildman–Crippen LogP) is -1.63. The molecule has 1 aliphatic rings. The van der Waals surface area contributed by atoms with Gasteiger partial charge in [0.2, 0.25) is 5.96 Å². The molecule has 1 saturated heterocycles. The summed E-state index contributed by atoms with van der Waals surface area (Å²) in [6.07, 6.45) is 0.140. The van der Waals surface area contributed by atoms with Gasteiger partial charge in [0.15, 0.2) is 0 Å². The quantitative estimate of drug-likeness (QED) is 0.177. The van der Waals surface area contributed by atoms with Gasteiger partial charge in [-0.05, 0) is 7.05 Å². The molecule has 0 bridgehead atoms. The summed E-state index contributed by atoms with van der Waals surface area (Å²) in [7, 11) is 3.73. The van der Waals surface area contributed by atoms with Gasteiger partial charge in [-0.25, -0.2) is 10.8 Å². The number of aliphatic imine (C=N–C) groups is 1. The van der Waals surface area contributed by atoms with E-state index in [4.69, 9.17) is 15.3 Å². The number of likely N-dealkylation sites (N-methyl/N-ethyl adjacent to an activating group) is 1. The number of morpholine rings is 1. The number of ether oxygens (including phenoxy) is 2. The van der Waals surface area contributed by atoms with E-state index in [0.29, 0.717) is 25.7 Å². The lowest BCUT2D eigenvalue weighted by molar-refractivity contribution is -0.0136. The molecule has 7 nitrogen and oxygen atoms in total. The molecule has 1 atom stereocenters. The first kappa shape index (κ1) is 14.2. The van der Waals surface area contributed by atoms with Gasteiger partial charge in [0.1, 0.15) is 0 Å². The molecule has 17 heavy (non-hydrogen) atoms. The van der Waals surface area contributed by atoms with Crippen molar-refractivity contribution in [3.63, 3.8) is 0 Å². The standard InChI is InChI=1S/C10H23N5O2/c1-15-4-6-17-9(8-15)7-13-10(14-11)12-3-5-16-2/h9H,3-8,11H2,1-2H3,(H2,12,13,14). The monoisotopic (exact) mass is 245 g/mol. The van der Waals surface area contributed by atoms with Gasteiger partial charge < -0.3 is 19.7 Å². The highest BCUT2D eigenvalue weighted by Crippen LogP contribution is 2.02. The molecule has 1 unspecified atom stereocenters. The van der Waals surface area contributed by atoms with E-state index < -0.39 is 0 Å². The minimum atomic E-state index is 0.140. The first-order valence-electron chi connectivity index (χ1n) is 5.80. The maximum Gasteiger partial charge on any atom is 0.205 e. The average molecular weight is 245 g/mol. The van der Waals surface area contributed by atoms with Gasteiger partial charge in [0, 0.05) is 26.7 Å². The molecule has 0 aromatic rings. The summed E-state index contributed by atoms with van der Waals surface area (Å²) in [5.74, 6) is 5.93. The summed E-state index contributed by atoms with van der Waals surface area (Å²) >= 11 is 0. The Morgan fingerprint density at radius 1 is 1.65 bits per heavy atom. The second-order valence-electron chi connectivity index (χ2n) is 4.01. The van der Waals surface area contributed by atoms with Crippen molar-refractivity contribution >= 4 is 5.96 Å². The Kier molecular flexibility index (Phi) is 6.87. The number of hydrogen-bond acceptors (Lipinski definition) is 5. The zero-order valence-electron chi connectivity index (χ0n) is 10.6. The zero-order chi connectivity index (χ0) is 12.5. The SMILES string of the molecule is COCCNC(=NCC1CN(C)CCO1)NN. The van der Waals surface area contributed by atoms with Crippen molar-refractivity contribution < 1.29 is 9.47 Å². The summed E-state index contributed by atoms with van der Waals surface area (Å²) in [5.41, 5.74) is 2.53. The lowest BCUT2D eigenvalue weighted by atomic mass is 10.3. The Morgan fingerprint density at radius 3 is 3.12 bits per heavy atom. The van der Waals surface area contributed by atoms with E-state index in [1.807, 2.05) is 0 Å². The van der Waals surface area contributed by atoms with Crippen LogP contribution < -0.4 is 16.6 Å². The molecule has 0 amide bonds. The summed E-state index contributed by atoms with van der Waals surface area (Å²) in [6, 6.07) is 0. The largest absolute Gasteiger partial charge is 0.383 e. The fourth-order valence-corrected chi connectivity index (χ4v) is 1.59. The summed E-state index contributed by atoms with van der Waals surface area (Å²) in [6.45, 7) is 4.53. The Labute approximate surface area is 102 Å². The number of rotatable bonds is 5. The van der Waals surface area contributed by atoms with Crippen LogP contribution >= 0.6 is 0 Å². The number of nitrogens with zero attached hydrogens (tertiary/aromatic N) is 2. The third kappa shape index (κ3) is 5.83. The zero-order valence-corrected chi connectivity index (χ0v) is 10.6. The van der Waals surface area contributed by atoms with E-state index >= 15 is 0 Å². The van der Waals surface area contributed by atoms with Gasteiger partial charge in [-0.3, -0.25) is 5.43 Å². The van der Waals surface area contributed by atoms with Crippen LogP contribution in [0.3, 0.4) is 0 Å². The molecule has 1 rings (SSSR count). The number of nitrogens with two attached hydrogens (primary N) is 1. The molecule has 7 heteroatoms. The maximum absolute atomic E-state index is 5.60. The highest BCUT2D eigenvalue weighted by atomic mass is 16.5. The number of nitrogens with one attached hydrogen (secondary N) is 2. The molecular weight excluding hydrogens is 222 g/mol. The predicted molar refractivity (Wildman–Crippen MR) is 66.7 cm³/mol. The van der Waals surface area contributed by atoms with Crippen molar-refractivity contribution in [3.05, 3.63) is 0 Å². The molecule has 0 aliphatic carbocycles. The Hall–Kier alpha value is -0.890. The summed E-state index contributed by atoms with van der Waals surface area (Å²) < 4.78 is 10.5. The normalized spacial score (nSPS) is 22.5. The lowest BCUT2D eigenvalue weighted by Gasteiger charge is -2.29. The van der Waals surface area contributed by atoms with Crippen LogP contribution in [0.5, 0.6) is 0 Å². The molecular formula is C10H23N5O2. The Bertz CT molecular complexity index is 237. The van der Waals surface area contributed by atoms with Gasteiger partial charge >= 0.3 is 0 Å². The molecule has 0 aromatic carbocycles. The van der Waals surface area contributed by atoms with E-state index in [9.17, 15) is 0 Å². The third-order valence-electron chi connectivity index (χ3n) is 2.53. The van der Waals surface area contributed by atoms with Crippen LogP contribution in [0.1, 0.15) is 0 Å². The first-order valence-corrected chi connectivity index (χ1v) is 5.80. The molecule has 0 saturated carbocycles. The fourth-order valence-electron chi connectivity index (χ4n) is 1.59. The molecule has 0 spiro atoms. The maximum atomic E-state index is 5.60. The summed E-state index contributed by atoms with van der Waals surface area (Å²) in [5, 5.41) is 3.04. The minimum Gasteiger partial charge on any atom is -0.383 e. The van der Waals surface area contributed by atoms with Crippen molar-refractivity contribution in [1.29, 1.82) is 0 Å². The fraction of sp³-hybridized carbons (Fsp3) is 0.900. The molecule has 0 radical (unpaired) electrons.